The lowest BCUT2D eigenvalue weighted by Gasteiger charge is -2.06. The molecular formula is C24H20N8O2S2. The summed E-state index contributed by atoms with van der Waals surface area (Å²) in [6.07, 6.45) is 1.62. The lowest BCUT2D eigenvalue weighted by molar-refractivity contribution is -0.113. The Labute approximate surface area is 214 Å². The maximum absolute atomic E-state index is 12.3. The predicted octanol–water partition coefficient (Wildman–Crippen LogP) is 4.57. The van der Waals surface area contributed by atoms with E-state index >= 15 is 0 Å². The molecule has 4 N–H and O–H groups in total. The molecule has 0 atom stereocenters. The van der Waals surface area contributed by atoms with E-state index in [1.807, 2.05) is 78.9 Å². The topological polar surface area (TPSA) is 132 Å². The molecule has 1 amide bonds. The first-order chi connectivity index (χ1) is 17.6. The van der Waals surface area contributed by atoms with E-state index in [9.17, 15) is 4.79 Å². The summed E-state index contributed by atoms with van der Waals surface area (Å²) in [5.74, 6) is 7.61. The molecule has 36 heavy (non-hydrogen) atoms. The molecule has 2 aromatic heterocycles. The highest BCUT2D eigenvalue weighted by Gasteiger charge is 2.13. The lowest BCUT2D eigenvalue weighted by atomic mass is 10.2. The molecule has 0 unspecified atom stereocenters. The summed E-state index contributed by atoms with van der Waals surface area (Å²) in [6, 6.07) is 24.7. The van der Waals surface area contributed by atoms with Crippen molar-refractivity contribution in [1.29, 1.82) is 0 Å². The Morgan fingerprint density at radius 3 is 2.72 bits per heavy atom. The molecule has 2 heterocycles. The number of nitrogen functional groups attached to an aromatic ring is 1. The number of hydrogen-bond donors (Lipinski definition) is 3. The lowest BCUT2D eigenvalue weighted by Crippen LogP contribution is -2.16. The summed E-state index contributed by atoms with van der Waals surface area (Å²) in [4.78, 5) is 16.7. The van der Waals surface area contributed by atoms with Crippen molar-refractivity contribution in [3.63, 3.8) is 0 Å². The third-order valence-corrected chi connectivity index (χ3v) is 6.65. The van der Waals surface area contributed by atoms with E-state index in [0.717, 1.165) is 33.3 Å². The van der Waals surface area contributed by atoms with Gasteiger partial charge in [-0.15, -0.1) is 10.2 Å². The summed E-state index contributed by atoms with van der Waals surface area (Å²) in [5, 5.41) is 15.9. The van der Waals surface area contributed by atoms with E-state index in [2.05, 4.69) is 31.0 Å². The van der Waals surface area contributed by atoms with Crippen LogP contribution in [0.2, 0.25) is 0 Å². The van der Waals surface area contributed by atoms with Crippen LogP contribution in [0, 0.1) is 0 Å². The molecule has 0 bridgehead atoms. The fourth-order valence-electron chi connectivity index (χ4n) is 3.11. The Morgan fingerprint density at radius 2 is 1.86 bits per heavy atom. The van der Waals surface area contributed by atoms with Crippen molar-refractivity contribution in [3.8, 4) is 11.5 Å². The molecule has 0 aliphatic rings. The van der Waals surface area contributed by atoms with Crippen LogP contribution < -0.4 is 21.3 Å². The molecule has 5 aromatic rings. The summed E-state index contributed by atoms with van der Waals surface area (Å²) in [5.41, 5.74) is 4.43. The number of hydrogen-bond acceptors (Lipinski definition) is 10. The van der Waals surface area contributed by atoms with E-state index in [-0.39, 0.29) is 17.6 Å². The normalized spacial score (nSPS) is 11.1. The van der Waals surface area contributed by atoms with Gasteiger partial charge in [0.25, 0.3) is 5.95 Å². The summed E-state index contributed by atoms with van der Waals surface area (Å²) >= 11 is 2.57. The third kappa shape index (κ3) is 5.79. The number of thioether (sulfide) groups is 1. The number of ether oxygens (including phenoxy) is 1. The van der Waals surface area contributed by atoms with Crippen LogP contribution in [0.1, 0.15) is 5.56 Å². The summed E-state index contributed by atoms with van der Waals surface area (Å²) < 4.78 is 8.08. The zero-order chi connectivity index (χ0) is 24.7. The fourth-order valence-corrected chi connectivity index (χ4v) is 4.65. The van der Waals surface area contributed by atoms with Gasteiger partial charge >= 0.3 is 0 Å². The van der Waals surface area contributed by atoms with Gasteiger partial charge in [-0.05, 0) is 42.0 Å². The zero-order valence-electron chi connectivity index (χ0n) is 18.7. The highest BCUT2D eigenvalue weighted by molar-refractivity contribution is 7.99. The molecule has 0 fully saturated rings. The number of aromatic nitrogens is 4. The van der Waals surface area contributed by atoms with Crippen molar-refractivity contribution in [1.82, 2.24) is 19.9 Å². The van der Waals surface area contributed by atoms with Crippen LogP contribution in [0.15, 0.2) is 89.1 Å². The van der Waals surface area contributed by atoms with Gasteiger partial charge in [0.2, 0.25) is 11.1 Å². The van der Waals surface area contributed by atoms with Crippen LogP contribution in [0.5, 0.6) is 11.5 Å². The second-order valence-electron chi connectivity index (χ2n) is 7.36. The van der Waals surface area contributed by atoms with Crippen LogP contribution in [-0.2, 0) is 4.79 Å². The van der Waals surface area contributed by atoms with Gasteiger partial charge < -0.3 is 15.9 Å². The number of hydrazone groups is 1. The Balaban J connectivity index is 1.14. The number of benzene rings is 3. The average molecular weight is 517 g/mol. The minimum atomic E-state index is -0.216. The number of fused-ring (bicyclic) bond motifs is 1. The number of nitrogens with one attached hydrogen (secondary N) is 2. The third-order valence-electron chi connectivity index (χ3n) is 4.75. The molecule has 12 heteroatoms. The molecule has 0 saturated carbocycles. The Hall–Kier alpha value is -4.42. The summed E-state index contributed by atoms with van der Waals surface area (Å²) in [6.45, 7) is 0. The molecule has 0 aliphatic carbocycles. The molecule has 0 aliphatic heterocycles. The van der Waals surface area contributed by atoms with Crippen molar-refractivity contribution < 1.29 is 9.53 Å². The number of carbonyl (C=O) groups is 1. The van der Waals surface area contributed by atoms with Crippen molar-refractivity contribution in [3.05, 3.63) is 84.4 Å². The Kier molecular flexibility index (Phi) is 7.05. The number of thiazole rings is 1. The monoisotopic (exact) mass is 516 g/mol. The van der Waals surface area contributed by atoms with Gasteiger partial charge in [0.1, 0.15) is 11.5 Å². The number of nitrogens with two attached hydrogens (primary N) is 1. The maximum atomic E-state index is 12.3. The molecule has 0 radical (unpaired) electrons. The van der Waals surface area contributed by atoms with E-state index in [1.165, 1.54) is 16.0 Å². The first-order valence-corrected chi connectivity index (χ1v) is 12.5. The number of amides is 1. The second kappa shape index (κ2) is 10.9. The molecule has 0 saturated heterocycles. The molecule has 180 valence electrons. The van der Waals surface area contributed by atoms with Crippen molar-refractivity contribution in [2.24, 2.45) is 5.10 Å². The number of rotatable bonds is 9. The number of anilines is 2. The van der Waals surface area contributed by atoms with Gasteiger partial charge in [-0.2, -0.15) is 5.10 Å². The van der Waals surface area contributed by atoms with Crippen LogP contribution in [0.25, 0.3) is 10.2 Å². The maximum Gasteiger partial charge on any atom is 0.264 e. The number of nitrogens with zero attached hydrogens (tertiary/aromatic N) is 5. The fraction of sp³-hybridized carbons (Fsp3) is 0.0417. The Morgan fingerprint density at radius 1 is 1.06 bits per heavy atom. The van der Waals surface area contributed by atoms with Crippen molar-refractivity contribution in [2.75, 3.05) is 22.3 Å². The minimum Gasteiger partial charge on any atom is -0.457 e. The molecule has 5 rings (SSSR count). The van der Waals surface area contributed by atoms with E-state index in [1.54, 1.807) is 6.21 Å². The van der Waals surface area contributed by atoms with Gasteiger partial charge in [0.15, 0.2) is 5.13 Å². The van der Waals surface area contributed by atoms with Crippen LogP contribution >= 0.6 is 23.1 Å². The smallest absolute Gasteiger partial charge is 0.264 e. The van der Waals surface area contributed by atoms with Crippen molar-refractivity contribution in [2.45, 2.75) is 5.16 Å². The van der Waals surface area contributed by atoms with E-state index < -0.39 is 0 Å². The molecular weight excluding hydrogens is 496 g/mol. The summed E-state index contributed by atoms with van der Waals surface area (Å²) in [7, 11) is 0. The van der Waals surface area contributed by atoms with E-state index in [0.29, 0.717) is 16.0 Å². The van der Waals surface area contributed by atoms with Crippen LogP contribution in [0.4, 0.5) is 11.1 Å². The predicted molar refractivity (Wildman–Crippen MR) is 143 cm³/mol. The van der Waals surface area contributed by atoms with Crippen molar-refractivity contribution >= 4 is 56.5 Å². The zero-order valence-corrected chi connectivity index (χ0v) is 20.4. The average Bonchev–Trinajstić information content (AvgIpc) is 3.46. The van der Waals surface area contributed by atoms with Gasteiger partial charge in [-0.3, -0.25) is 4.79 Å². The highest BCUT2D eigenvalue weighted by atomic mass is 32.2. The SMILES string of the molecule is Nn1c(N/N=C/c2cccc(Oc3ccccc3)c2)nnc1SCC(=O)Nc1nc2ccccc2s1. The van der Waals surface area contributed by atoms with Gasteiger partial charge in [0.05, 0.1) is 22.2 Å². The van der Waals surface area contributed by atoms with Gasteiger partial charge in [-0.1, -0.05) is 65.6 Å². The molecule has 10 nitrogen and oxygen atoms in total. The first kappa shape index (κ1) is 23.3. The Bertz CT molecular complexity index is 1480. The van der Waals surface area contributed by atoms with Gasteiger partial charge in [0, 0.05) is 0 Å². The minimum absolute atomic E-state index is 0.0999. The largest absolute Gasteiger partial charge is 0.457 e. The standard InChI is InChI=1S/C24H20N8O2S2/c25-32-22(29-26-14-16-7-6-10-18(13-16)34-17-8-2-1-3-9-17)30-31-24(32)35-15-21(33)28-23-27-19-11-4-5-12-20(19)36-23/h1-14H,15,25H2,(H,29,30)(H,27,28,33)/b26-14+. The quantitative estimate of drug-likeness (QED) is 0.112. The van der Waals surface area contributed by atoms with Crippen LogP contribution in [-0.4, -0.2) is 37.7 Å². The molecule has 0 spiro atoms. The van der Waals surface area contributed by atoms with Gasteiger partial charge in [-0.25, -0.2) is 15.1 Å². The number of para-hydroxylation sites is 2. The first-order valence-electron chi connectivity index (χ1n) is 10.7. The van der Waals surface area contributed by atoms with Crippen LogP contribution in [0.3, 0.4) is 0 Å². The highest BCUT2D eigenvalue weighted by Crippen LogP contribution is 2.26. The molecule has 3 aromatic carbocycles. The van der Waals surface area contributed by atoms with E-state index in [4.69, 9.17) is 10.6 Å². The second-order valence-corrected chi connectivity index (χ2v) is 9.33. The number of carbonyl (C=O) groups excluding carboxylic acids is 1.